The van der Waals surface area contributed by atoms with E-state index in [1.807, 2.05) is 0 Å². The second-order valence-electron chi connectivity index (χ2n) is 5.76. The standard InChI is InChI=1S/C13H28N2O/c1-11(2)5-6-13(16)9-12-10-14(3)7-8-15(12)4/h11-13,16H,5-10H2,1-4H3. The average molecular weight is 228 g/mol. The molecule has 96 valence electrons. The largest absolute Gasteiger partial charge is 0.393 e. The number of likely N-dealkylation sites (N-methyl/N-ethyl adjacent to an activating group) is 2. The van der Waals surface area contributed by atoms with Crippen LogP contribution in [0.3, 0.4) is 0 Å². The molecule has 2 unspecified atom stereocenters. The fourth-order valence-corrected chi connectivity index (χ4v) is 2.31. The van der Waals surface area contributed by atoms with Crippen molar-refractivity contribution in [3.05, 3.63) is 0 Å². The van der Waals surface area contributed by atoms with Crippen molar-refractivity contribution >= 4 is 0 Å². The molecule has 0 spiro atoms. The SMILES string of the molecule is CC(C)CCC(O)CC1CN(C)CCN1C. The van der Waals surface area contributed by atoms with Crippen LogP contribution in [-0.4, -0.2) is 60.8 Å². The Morgan fingerprint density at radius 1 is 1.19 bits per heavy atom. The molecule has 0 aromatic carbocycles. The summed E-state index contributed by atoms with van der Waals surface area (Å²) in [4.78, 5) is 4.75. The van der Waals surface area contributed by atoms with Crippen LogP contribution in [0.5, 0.6) is 0 Å². The first kappa shape index (κ1) is 13.9. The number of rotatable bonds is 5. The fourth-order valence-electron chi connectivity index (χ4n) is 2.31. The minimum Gasteiger partial charge on any atom is -0.393 e. The highest BCUT2D eigenvalue weighted by molar-refractivity contribution is 4.80. The van der Waals surface area contributed by atoms with Gasteiger partial charge in [0.25, 0.3) is 0 Å². The first-order chi connectivity index (χ1) is 7.49. The van der Waals surface area contributed by atoms with Gasteiger partial charge in [0.1, 0.15) is 0 Å². The van der Waals surface area contributed by atoms with Crippen molar-refractivity contribution in [3.8, 4) is 0 Å². The Balaban J connectivity index is 2.28. The van der Waals surface area contributed by atoms with Gasteiger partial charge >= 0.3 is 0 Å². The van der Waals surface area contributed by atoms with Crippen LogP contribution in [0.2, 0.25) is 0 Å². The van der Waals surface area contributed by atoms with E-state index in [9.17, 15) is 5.11 Å². The molecule has 1 heterocycles. The second kappa shape index (κ2) is 6.58. The highest BCUT2D eigenvalue weighted by Gasteiger charge is 2.24. The molecule has 2 atom stereocenters. The number of nitrogens with zero attached hydrogens (tertiary/aromatic N) is 2. The Bertz CT molecular complexity index is 196. The van der Waals surface area contributed by atoms with Crippen molar-refractivity contribution in [2.24, 2.45) is 5.92 Å². The lowest BCUT2D eigenvalue weighted by Gasteiger charge is -2.38. The summed E-state index contributed by atoms with van der Waals surface area (Å²) in [5.74, 6) is 0.696. The topological polar surface area (TPSA) is 26.7 Å². The van der Waals surface area contributed by atoms with Crippen LogP contribution < -0.4 is 0 Å². The predicted molar refractivity (Wildman–Crippen MR) is 68.6 cm³/mol. The first-order valence-corrected chi connectivity index (χ1v) is 6.56. The molecule has 0 amide bonds. The van der Waals surface area contributed by atoms with Crippen LogP contribution in [0.25, 0.3) is 0 Å². The van der Waals surface area contributed by atoms with Gasteiger partial charge in [0.05, 0.1) is 6.10 Å². The average Bonchev–Trinajstić information content (AvgIpc) is 2.20. The van der Waals surface area contributed by atoms with E-state index in [2.05, 4.69) is 37.7 Å². The molecule has 3 nitrogen and oxygen atoms in total. The Kier molecular flexibility index (Phi) is 5.73. The third-order valence-electron chi connectivity index (χ3n) is 3.60. The zero-order chi connectivity index (χ0) is 12.1. The summed E-state index contributed by atoms with van der Waals surface area (Å²) >= 11 is 0. The third kappa shape index (κ3) is 4.81. The maximum Gasteiger partial charge on any atom is 0.0555 e. The van der Waals surface area contributed by atoms with Crippen molar-refractivity contribution < 1.29 is 5.11 Å². The highest BCUT2D eigenvalue weighted by Crippen LogP contribution is 2.16. The smallest absolute Gasteiger partial charge is 0.0555 e. The number of piperazine rings is 1. The summed E-state index contributed by atoms with van der Waals surface area (Å²) in [6.07, 6.45) is 2.88. The Labute approximate surface area is 100 Å². The van der Waals surface area contributed by atoms with Crippen molar-refractivity contribution in [3.63, 3.8) is 0 Å². The van der Waals surface area contributed by atoms with Crippen LogP contribution in [0.15, 0.2) is 0 Å². The molecule has 1 saturated heterocycles. The van der Waals surface area contributed by atoms with E-state index >= 15 is 0 Å². The lowest BCUT2D eigenvalue weighted by atomic mass is 9.98. The molecule has 0 aliphatic carbocycles. The summed E-state index contributed by atoms with van der Waals surface area (Å²) in [5.41, 5.74) is 0. The zero-order valence-electron chi connectivity index (χ0n) is 11.3. The number of aliphatic hydroxyl groups excluding tert-OH is 1. The van der Waals surface area contributed by atoms with Crippen LogP contribution in [0.1, 0.15) is 33.1 Å². The number of hydrogen-bond donors (Lipinski definition) is 1. The van der Waals surface area contributed by atoms with Gasteiger partial charge < -0.3 is 14.9 Å². The number of hydrogen-bond acceptors (Lipinski definition) is 3. The molecular formula is C13H28N2O. The maximum absolute atomic E-state index is 10.0. The molecule has 16 heavy (non-hydrogen) atoms. The lowest BCUT2D eigenvalue weighted by molar-refractivity contribution is 0.0583. The monoisotopic (exact) mass is 228 g/mol. The van der Waals surface area contributed by atoms with Gasteiger partial charge in [-0.15, -0.1) is 0 Å². The Morgan fingerprint density at radius 2 is 1.88 bits per heavy atom. The summed E-state index contributed by atoms with van der Waals surface area (Å²) < 4.78 is 0. The molecule has 1 aliphatic rings. The minimum atomic E-state index is -0.124. The molecule has 1 N–H and O–H groups in total. The van der Waals surface area contributed by atoms with Crippen molar-refractivity contribution in [1.82, 2.24) is 9.80 Å². The van der Waals surface area contributed by atoms with Gasteiger partial charge in [-0.1, -0.05) is 13.8 Å². The predicted octanol–water partition coefficient (Wildman–Crippen LogP) is 1.42. The van der Waals surface area contributed by atoms with Gasteiger partial charge in [-0.05, 0) is 39.3 Å². The molecule has 0 bridgehead atoms. The van der Waals surface area contributed by atoms with Gasteiger partial charge in [0.2, 0.25) is 0 Å². The molecule has 0 saturated carbocycles. The summed E-state index contributed by atoms with van der Waals surface area (Å²) in [5, 5.41) is 10.0. The van der Waals surface area contributed by atoms with E-state index < -0.39 is 0 Å². The van der Waals surface area contributed by atoms with Gasteiger partial charge in [-0.2, -0.15) is 0 Å². The molecule has 0 radical (unpaired) electrons. The van der Waals surface area contributed by atoms with Gasteiger partial charge in [0, 0.05) is 25.7 Å². The highest BCUT2D eigenvalue weighted by atomic mass is 16.3. The first-order valence-electron chi connectivity index (χ1n) is 6.56. The van der Waals surface area contributed by atoms with Crippen LogP contribution in [0.4, 0.5) is 0 Å². The van der Waals surface area contributed by atoms with Gasteiger partial charge in [0.15, 0.2) is 0 Å². The normalized spacial score (nSPS) is 26.2. The summed E-state index contributed by atoms with van der Waals surface area (Å²) in [6, 6.07) is 0.529. The van der Waals surface area contributed by atoms with Crippen LogP contribution in [0, 0.1) is 5.92 Å². The molecule has 0 aromatic rings. The quantitative estimate of drug-likeness (QED) is 0.771. The second-order valence-corrected chi connectivity index (χ2v) is 5.76. The van der Waals surface area contributed by atoms with E-state index in [0.717, 1.165) is 38.9 Å². The molecule has 0 aromatic heterocycles. The molecule has 1 rings (SSSR count). The van der Waals surface area contributed by atoms with E-state index in [1.54, 1.807) is 0 Å². The van der Waals surface area contributed by atoms with Crippen molar-refractivity contribution in [1.29, 1.82) is 0 Å². The van der Waals surface area contributed by atoms with E-state index in [-0.39, 0.29) is 6.10 Å². The van der Waals surface area contributed by atoms with Crippen molar-refractivity contribution in [2.45, 2.75) is 45.3 Å². The lowest BCUT2D eigenvalue weighted by Crippen LogP contribution is -2.51. The molecular weight excluding hydrogens is 200 g/mol. The number of aliphatic hydroxyl groups is 1. The maximum atomic E-state index is 10.0. The van der Waals surface area contributed by atoms with E-state index in [0.29, 0.717) is 12.0 Å². The molecule has 3 heteroatoms. The van der Waals surface area contributed by atoms with E-state index in [4.69, 9.17) is 0 Å². The summed E-state index contributed by atoms with van der Waals surface area (Å²) in [6.45, 7) is 7.79. The Hall–Kier alpha value is -0.120. The molecule has 1 fully saturated rings. The van der Waals surface area contributed by atoms with E-state index in [1.165, 1.54) is 0 Å². The zero-order valence-corrected chi connectivity index (χ0v) is 11.3. The van der Waals surface area contributed by atoms with Crippen LogP contribution in [-0.2, 0) is 0 Å². The third-order valence-corrected chi connectivity index (χ3v) is 3.60. The fraction of sp³-hybridized carbons (Fsp3) is 1.00. The summed E-state index contributed by atoms with van der Waals surface area (Å²) in [7, 11) is 4.34. The van der Waals surface area contributed by atoms with Crippen LogP contribution >= 0.6 is 0 Å². The minimum absolute atomic E-state index is 0.124. The van der Waals surface area contributed by atoms with Crippen molar-refractivity contribution in [2.75, 3.05) is 33.7 Å². The Morgan fingerprint density at radius 3 is 2.50 bits per heavy atom. The van der Waals surface area contributed by atoms with Gasteiger partial charge in [-0.25, -0.2) is 0 Å². The molecule has 1 aliphatic heterocycles. The van der Waals surface area contributed by atoms with Gasteiger partial charge in [-0.3, -0.25) is 0 Å².